The fraction of sp³-hybridized carbons (Fsp3) is 0.182. The lowest BCUT2D eigenvalue weighted by molar-refractivity contribution is 0.0827. The zero-order valence-electron chi connectivity index (χ0n) is 9.46. The van der Waals surface area contributed by atoms with Gasteiger partial charge in [-0.2, -0.15) is 5.10 Å². The fourth-order valence-corrected chi connectivity index (χ4v) is 1.72. The van der Waals surface area contributed by atoms with Crippen molar-refractivity contribution < 1.29 is 4.79 Å². The molecule has 0 aliphatic heterocycles. The molecule has 0 unspecified atom stereocenters. The highest BCUT2D eigenvalue weighted by molar-refractivity contribution is 14.1. The molecule has 0 saturated carbocycles. The molecule has 0 atom stereocenters. The second-order valence-corrected chi connectivity index (χ2v) is 4.95. The van der Waals surface area contributed by atoms with Crippen molar-refractivity contribution >= 4 is 28.5 Å². The van der Waals surface area contributed by atoms with Crippen LogP contribution in [-0.4, -0.2) is 39.7 Å². The Morgan fingerprint density at radius 2 is 2.12 bits per heavy atom. The highest BCUT2D eigenvalue weighted by Gasteiger charge is 2.08. The number of hydrogen-bond donors (Lipinski definition) is 0. The first-order valence-electron chi connectivity index (χ1n) is 4.96. The van der Waals surface area contributed by atoms with Crippen LogP contribution in [0.2, 0.25) is 0 Å². The zero-order chi connectivity index (χ0) is 12.4. The molecule has 0 aliphatic carbocycles. The molecule has 1 amide bonds. The Morgan fingerprint density at radius 3 is 2.59 bits per heavy atom. The maximum atomic E-state index is 11.7. The molecule has 0 aromatic carbocycles. The second kappa shape index (κ2) is 4.82. The first-order valence-corrected chi connectivity index (χ1v) is 6.04. The van der Waals surface area contributed by atoms with E-state index in [1.165, 1.54) is 4.90 Å². The molecule has 2 rings (SSSR count). The quantitative estimate of drug-likeness (QED) is 0.779. The van der Waals surface area contributed by atoms with Gasteiger partial charge in [0.05, 0.1) is 15.3 Å². The Bertz CT molecular complexity index is 533. The van der Waals surface area contributed by atoms with Gasteiger partial charge in [0, 0.05) is 26.5 Å². The van der Waals surface area contributed by atoms with E-state index in [-0.39, 0.29) is 5.91 Å². The van der Waals surface area contributed by atoms with Crippen molar-refractivity contribution in [3.05, 3.63) is 39.9 Å². The Hall–Kier alpha value is -1.44. The van der Waals surface area contributed by atoms with Crippen LogP contribution in [0.5, 0.6) is 0 Å². The predicted octanol–water partition coefficient (Wildman–Crippen LogP) is 1.57. The number of rotatable bonds is 2. The summed E-state index contributed by atoms with van der Waals surface area (Å²) in [5.41, 5.74) is 0.570. The summed E-state index contributed by atoms with van der Waals surface area (Å²) < 4.78 is 2.71. The minimum atomic E-state index is -0.0564. The molecule has 0 N–H and O–H groups in total. The van der Waals surface area contributed by atoms with E-state index in [0.29, 0.717) is 11.4 Å². The third-order valence-electron chi connectivity index (χ3n) is 2.19. The van der Waals surface area contributed by atoms with Crippen LogP contribution in [0.3, 0.4) is 0 Å². The lowest BCUT2D eigenvalue weighted by atomic mass is 10.2. The van der Waals surface area contributed by atoms with Crippen LogP contribution >= 0.6 is 22.6 Å². The monoisotopic (exact) mass is 342 g/mol. The molecule has 2 heterocycles. The average Bonchev–Trinajstić information content (AvgIpc) is 2.75. The molecule has 6 heteroatoms. The first-order chi connectivity index (χ1) is 8.08. The van der Waals surface area contributed by atoms with Crippen molar-refractivity contribution in [2.24, 2.45) is 0 Å². The smallest absolute Gasteiger partial charge is 0.254 e. The summed E-state index contributed by atoms with van der Waals surface area (Å²) in [6, 6.07) is 3.53. The highest BCUT2D eigenvalue weighted by Crippen LogP contribution is 2.09. The number of amides is 1. The summed E-state index contributed by atoms with van der Waals surface area (Å²) in [5, 5.41) is 4.15. The number of hydrogen-bond acceptors (Lipinski definition) is 3. The second-order valence-electron chi connectivity index (χ2n) is 3.71. The lowest BCUT2D eigenvalue weighted by Crippen LogP contribution is -2.21. The van der Waals surface area contributed by atoms with Crippen molar-refractivity contribution in [2.45, 2.75) is 0 Å². The first kappa shape index (κ1) is 12.0. The molecule has 0 fully saturated rings. The molecule has 17 heavy (non-hydrogen) atoms. The molecule has 0 saturated heterocycles. The Kier molecular flexibility index (Phi) is 3.41. The molecular formula is C11H11IN4O. The van der Waals surface area contributed by atoms with Crippen LogP contribution in [-0.2, 0) is 0 Å². The highest BCUT2D eigenvalue weighted by atomic mass is 127. The summed E-state index contributed by atoms with van der Waals surface area (Å²) >= 11 is 2.18. The van der Waals surface area contributed by atoms with Crippen molar-refractivity contribution in [1.82, 2.24) is 19.7 Å². The molecule has 0 spiro atoms. The summed E-state index contributed by atoms with van der Waals surface area (Å²) in [6.45, 7) is 0. The standard InChI is InChI=1S/C11H11IN4O/c1-15(2)11(17)8-3-4-10(13-5-8)16-7-9(12)6-14-16/h3-7H,1-2H3. The molecule has 0 aliphatic rings. The fourth-order valence-electron chi connectivity index (χ4n) is 1.33. The minimum Gasteiger partial charge on any atom is -0.345 e. The average molecular weight is 342 g/mol. The third kappa shape index (κ3) is 2.63. The molecule has 2 aromatic rings. The Balaban J connectivity index is 2.27. The van der Waals surface area contributed by atoms with Gasteiger partial charge in [0.15, 0.2) is 5.82 Å². The predicted molar refractivity (Wildman–Crippen MR) is 72.1 cm³/mol. The summed E-state index contributed by atoms with van der Waals surface area (Å²) in [4.78, 5) is 17.4. The Morgan fingerprint density at radius 1 is 1.35 bits per heavy atom. The molecule has 2 aromatic heterocycles. The van der Waals surface area contributed by atoms with Gasteiger partial charge < -0.3 is 4.90 Å². The van der Waals surface area contributed by atoms with Gasteiger partial charge in [0.1, 0.15) is 0 Å². The lowest BCUT2D eigenvalue weighted by Gasteiger charge is -2.09. The number of halogens is 1. The summed E-state index contributed by atoms with van der Waals surface area (Å²) in [5.74, 6) is 0.641. The van der Waals surface area contributed by atoms with Crippen LogP contribution in [0.25, 0.3) is 5.82 Å². The zero-order valence-corrected chi connectivity index (χ0v) is 11.6. The number of aromatic nitrogens is 3. The van der Waals surface area contributed by atoms with Crippen LogP contribution in [0.4, 0.5) is 0 Å². The van der Waals surface area contributed by atoms with Gasteiger partial charge in [0.2, 0.25) is 0 Å². The maximum Gasteiger partial charge on any atom is 0.254 e. The minimum absolute atomic E-state index is 0.0564. The Labute approximate surface area is 113 Å². The van der Waals surface area contributed by atoms with Gasteiger partial charge in [-0.15, -0.1) is 0 Å². The van der Waals surface area contributed by atoms with Gasteiger partial charge in [-0.3, -0.25) is 4.79 Å². The number of pyridine rings is 1. The van der Waals surface area contributed by atoms with Crippen molar-refractivity contribution in [1.29, 1.82) is 0 Å². The van der Waals surface area contributed by atoms with E-state index >= 15 is 0 Å². The largest absolute Gasteiger partial charge is 0.345 e. The van der Waals surface area contributed by atoms with E-state index in [0.717, 1.165) is 3.57 Å². The van der Waals surface area contributed by atoms with E-state index in [1.807, 2.05) is 6.20 Å². The maximum absolute atomic E-state index is 11.7. The third-order valence-corrected chi connectivity index (χ3v) is 2.74. The van der Waals surface area contributed by atoms with Gasteiger partial charge in [-0.25, -0.2) is 9.67 Å². The van der Waals surface area contributed by atoms with Crippen molar-refractivity contribution in [3.63, 3.8) is 0 Å². The van der Waals surface area contributed by atoms with Gasteiger partial charge >= 0.3 is 0 Å². The topological polar surface area (TPSA) is 51.0 Å². The number of carbonyl (C=O) groups is 1. The number of carbonyl (C=O) groups excluding carboxylic acids is 1. The van der Waals surface area contributed by atoms with E-state index in [9.17, 15) is 4.79 Å². The number of nitrogens with zero attached hydrogens (tertiary/aromatic N) is 4. The van der Waals surface area contributed by atoms with Crippen LogP contribution in [0.15, 0.2) is 30.7 Å². The molecule has 0 bridgehead atoms. The van der Waals surface area contributed by atoms with Crippen molar-refractivity contribution in [3.8, 4) is 5.82 Å². The summed E-state index contributed by atoms with van der Waals surface area (Å²) in [7, 11) is 3.43. The van der Waals surface area contributed by atoms with E-state index in [4.69, 9.17) is 0 Å². The van der Waals surface area contributed by atoms with Gasteiger partial charge in [-0.05, 0) is 34.7 Å². The molecule has 88 valence electrons. The van der Waals surface area contributed by atoms with Crippen LogP contribution < -0.4 is 0 Å². The van der Waals surface area contributed by atoms with Crippen molar-refractivity contribution in [2.75, 3.05) is 14.1 Å². The normalized spacial score (nSPS) is 10.3. The molecule has 5 nitrogen and oxygen atoms in total. The van der Waals surface area contributed by atoms with Gasteiger partial charge in [0.25, 0.3) is 5.91 Å². The molecule has 0 radical (unpaired) electrons. The summed E-state index contributed by atoms with van der Waals surface area (Å²) in [6.07, 6.45) is 5.18. The van der Waals surface area contributed by atoms with E-state index in [1.54, 1.807) is 43.3 Å². The van der Waals surface area contributed by atoms with E-state index in [2.05, 4.69) is 32.7 Å². The van der Waals surface area contributed by atoms with Gasteiger partial charge in [-0.1, -0.05) is 0 Å². The van der Waals surface area contributed by atoms with Crippen LogP contribution in [0, 0.1) is 3.57 Å². The van der Waals surface area contributed by atoms with Crippen LogP contribution in [0.1, 0.15) is 10.4 Å². The van der Waals surface area contributed by atoms with E-state index < -0.39 is 0 Å². The molecular weight excluding hydrogens is 331 g/mol. The SMILES string of the molecule is CN(C)C(=O)c1ccc(-n2cc(I)cn2)nc1.